The van der Waals surface area contributed by atoms with E-state index in [9.17, 15) is 9.59 Å². The molecule has 0 bridgehead atoms. The van der Waals surface area contributed by atoms with Crippen molar-refractivity contribution in [3.63, 3.8) is 0 Å². The topological polar surface area (TPSA) is 66.6 Å². The molecule has 5 heteroatoms. The molecule has 2 saturated heterocycles. The number of hydrogen-bond donors (Lipinski definition) is 1. The number of nitrogens with two attached hydrogens (primary N) is 1. The lowest BCUT2D eigenvalue weighted by Crippen LogP contribution is -2.39. The molecule has 1 aliphatic carbocycles. The Kier molecular flexibility index (Phi) is 4.44. The summed E-state index contributed by atoms with van der Waals surface area (Å²) in [5, 5.41) is 0. The van der Waals surface area contributed by atoms with Crippen LogP contribution in [0.15, 0.2) is 0 Å². The number of carbonyl (C=O) groups excluding carboxylic acids is 2. The molecule has 2 N–H and O–H groups in total. The molecular formula is C17H29N3O2. The fourth-order valence-corrected chi connectivity index (χ4v) is 4.73. The van der Waals surface area contributed by atoms with Crippen LogP contribution in [0, 0.1) is 17.8 Å². The van der Waals surface area contributed by atoms with E-state index in [-0.39, 0.29) is 29.8 Å². The Bertz CT molecular complexity index is 449. The Morgan fingerprint density at radius 2 is 1.95 bits per heavy atom. The van der Waals surface area contributed by atoms with Gasteiger partial charge in [0, 0.05) is 38.1 Å². The predicted octanol–water partition coefficient (Wildman–Crippen LogP) is 1.22. The maximum absolute atomic E-state index is 12.8. The molecule has 22 heavy (non-hydrogen) atoms. The second-order valence-corrected chi connectivity index (χ2v) is 7.33. The molecule has 5 nitrogen and oxygen atoms in total. The van der Waals surface area contributed by atoms with E-state index < -0.39 is 0 Å². The maximum Gasteiger partial charge on any atom is 0.228 e. The van der Waals surface area contributed by atoms with Crippen molar-refractivity contribution in [1.82, 2.24) is 9.80 Å². The molecule has 2 amide bonds. The largest absolute Gasteiger partial charge is 0.342 e. The highest BCUT2D eigenvalue weighted by Crippen LogP contribution is 2.38. The van der Waals surface area contributed by atoms with Crippen molar-refractivity contribution in [2.45, 2.75) is 58.0 Å². The van der Waals surface area contributed by atoms with Crippen LogP contribution in [0.3, 0.4) is 0 Å². The van der Waals surface area contributed by atoms with Gasteiger partial charge >= 0.3 is 0 Å². The zero-order valence-corrected chi connectivity index (χ0v) is 13.8. The first kappa shape index (κ1) is 15.8. The molecule has 124 valence electrons. The highest BCUT2D eigenvalue weighted by molar-refractivity contribution is 5.89. The van der Waals surface area contributed by atoms with Gasteiger partial charge in [-0.3, -0.25) is 9.59 Å². The van der Waals surface area contributed by atoms with E-state index in [4.69, 9.17) is 5.73 Å². The van der Waals surface area contributed by atoms with E-state index in [1.165, 1.54) is 0 Å². The van der Waals surface area contributed by atoms with E-state index in [2.05, 4.69) is 13.8 Å². The summed E-state index contributed by atoms with van der Waals surface area (Å²) in [6, 6.07) is 0.547. The summed E-state index contributed by atoms with van der Waals surface area (Å²) in [6.07, 6.45) is 4.58. The fourth-order valence-electron chi connectivity index (χ4n) is 4.73. The van der Waals surface area contributed by atoms with Gasteiger partial charge in [-0.05, 0) is 37.5 Å². The van der Waals surface area contributed by atoms with E-state index >= 15 is 0 Å². The molecule has 3 aliphatic rings. The monoisotopic (exact) mass is 307 g/mol. The quantitative estimate of drug-likeness (QED) is 0.849. The van der Waals surface area contributed by atoms with Crippen molar-refractivity contribution in [2.75, 3.05) is 19.6 Å². The molecule has 0 aromatic carbocycles. The summed E-state index contributed by atoms with van der Waals surface area (Å²) >= 11 is 0. The standard InChI is InChI=1S/C17H29N3O2/c1-3-13(4-2)20-9-12(7-16(20)21)17(22)19-8-11-5-6-15(18)14(11)10-19/h11-15H,3-10,18H2,1-2H3. The molecule has 0 aromatic rings. The second kappa shape index (κ2) is 6.19. The minimum Gasteiger partial charge on any atom is -0.342 e. The number of rotatable bonds is 4. The number of fused-ring (bicyclic) bond motifs is 1. The number of hydrogen-bond acceptors (Lipinski definition) is 3. The smallest absolute Gasteiger partial charge is 0.228 e. The number of likely N-dealkylation sites (tertiary alicyclic amines) is 2. The average molecular weight is 307 g/mol. The first-order valence-corrected chi connectivity index (χ1v) is 8.88. The summed E-state index contributed by atoms with van der Waals surface area (Å²) in [5.74, 6) is 1.28. The summed E-state index contributed by atoms with van der Waals surface area (Å²) in [4.78, 5) is 29.0. The first-order chi connectivity index (χ1) is 10.5. The highest BCUT2D eigenvalue weighted by atomic mass is 16.2. The lowest BCUT2D eigenvalue weighted by atomic mass is 9.98. The van der Waals surface area contributed by atoms with Crippen molar-refractivity contribution in [3.05, 3.63) is 0 Å². The van der Waals surface area contributed by atoms with E-state index in [0.717, 1.165) is 38.8 Å². The van der Waals surface area contributed by atoms with Crippen LogP contribution in [0.5, 0.6) is 0 Å². The van der Waals surface area contributed by atoms with E-state index in [1.807, 2.05) is 9.80 Å². The average Bonchev–Trinajstić information content (AvgIpc) is 3.17. The molecule has 0 spiro atoms. The lowest BCUT2D eigenvalue weighted by Gasteiger charge is -2.27. The van der Waals surface area contributed by atoms with Crippen LogP contribution < -0.4 is 5.73 Å². The van der Waals surface area contributed by atoms with Gasteiger partial charge in [0.15, 0.2) is 0 Å². The lowest BCUT2D eigenvalue weighted by molar-refractivity contribution is -0.135. The van der Waals surface area contributed by atoms with E-state index in [1.54, 1.807) is 0 Å². The number of carbonyl (C=O) groups is 2. The molecule has 0 radical (unpaired) electrons. The van der Waals surface area contributed by atoms with Gasteiger partial charge in [0.1, 0.15) is 0 Å². The van der Waals surface area contributed by atoms with Gasteiger partial charge in [-0.15, -0.1) is 0 Å². The normalized spacial score (nSPS) is 34.8. The van der Waals surface area contributed by atoms with Gasteiger partial charge in [0.25, 0.3) is 0 Å². The van der Waals surface area contributed by atoms with Crippen LogP contribution in [-0.2, 0) is 9.59 Å². The number of amides is 2. The van der Waals surface area contributed by atoms with E-state index in [0.29, 0.717) is 24.8 Å². The third kappa shape index (κ3) is 2.64. The molecule has 2 aliphatic heterocycles. The van der Waals surface area contributed by atoms with Crippen LogP contribution >= 0.6 is 0 Å². The Morgan fingerprint density at radius 1 is 1.23 bits per heavy atom. The third-order valence-electron chi connectivity index (χ3n) is 6.11. The molecular weight excluding hydrogens is 278 g/mol. The van der Waals surface area contributed by atoms with Gasteiger partial charge in [-0.2, -0.15) is 0 Å². The zero-order valence-electron chi connectivity index (χ0n) is 13.8. The van der Waals surface area contributed by atoms with Gasteiger partial charge in [0.2, 0.25) is 11.8 Å². The summed E-state index contributed by atoms with van der Waals surface area (Å²) in [5.41, 5.74) is 6.16. The first-order valence-electron chi connectivity index (χ1n) is 8.88. The molecule has 0 aromatic heterocycles. The minimum absolute atomic E-state index is 0.136. The molecule has 2 heterocycles. The van der Waals surface area contributed by atoms with Crippen LogP contribution in [0.25, 0.3) is 0 Å². The Labute approximate surface area is 133 Å². The summed E-state index contributed by atoms with van der Waals surface area (Å²) in [6.45, 7) is 6.49. The molecule has 3 fully saturated rings. The molecule has 4 unspecified atom stereocenters. The van der Waals surface area contributed by atoms with Gasteiger partial charge in [-0.1, -0.05) is 13.8 Å². The fraction of sp³-hybridized carbons (Fsp3) is 0.882. The molecule has 1 saturated carbocycles. The minimum atomic E-state index is -0.136. The summed E-state index contributed by atoms with van der Waals surface area (Å²) in [7, 11) is 0. The Morgan fingerprint density at radius 3 is 2.59 bits per heavy atom. The Balaban J connectivity index is 1.61. The van der Waals surface area contributed by atoms with Crippen molar-refractivity contribution in [1.29, 1.82) is 0 Å². The highest BCUT2D eigenvalue weighted by Gasteiger charge is 2.45. The van der Waals surface area contributed by atoms with Crippen molar-refractivity contribution < 1.29 is 9.59 Å². The van der Waals surface area contributed by atoms with Gasteiger partial charge < -0.3 is 15.5 Å². The number of nitrogens with zero attached hydrogens (tertiary/aromatic N) is 2. The van der Waals surface area contributed by atoms with Crippen molar-refractivity contribution >= 4 is 11.8 Å². The molecule has 3 rings (SSSR count). The SMILES string of the molecule is CCC(CC)N1CC(C(=O)N2CC3CCC(N)C3C2)CC1=O. The van der Waals surface area contributed by atoms with Crippen LogP contribution in [0.1, 0.15) is 46.0 Å². The predicted molar refractivity (Wildman–Crippen MR) is 85.0 cm³/mol. The summed E-state index contributed by atoms with van der Waals surface area (Å²) < 4.78 is 0. The van der Waals surface area contributed by atoms with Gasteiger partial charge in [-0.25, -0.2) is 0 Å². The Hall–Kier alpha value is -1.10. The van der Waals surface area contributed by atoms with Crippen LogP contribution in [0.4, 0.5) is 0 Å². The van der Waals surface area contributed by atoms with Crippen LogP contribution in [0.2, 0.25) is 0 Å². The second-order valence-electron chi connectivity index (χ2n) is 7.33. The third-order valence-corrected chi connectivity index (χ3v) is 6.11. The van der Waals surface area contributed by atoms with Gasteiger partial charge in [0.05, 0.1) is 5.92 Å². The maximum atomic E-state index is 12.8. The zero-order chi connectivity index (χ0) is 15.9. The van der Waals surface area contributed by atoms with Crippen LogP contribution in [-0.4, -0.2) is 53.3 Å². The molecule has 4 atom stereocenters. The van der Waals surface area contributed by atoms with Crippen molar-refractivity contribution in [2.24, 2.45) is 23.5 Å². The van der Waals surface area contributed by atoms with Crippen molar-refractivity contribution in [3.8, 4) is 0 Å².